The van der Waals surface area contributed by atoms with Gasteiger partial charge < -0.3 is 20.3 Å². The van der Waals surface area contributed by atoms with Crippen LogP contribution in [0.5, 0.6) is 5.75 Å². The fourth-order valence-corrected chi connectivity index (χ4v) is 3.32. The molecule has 7 nitrogen and oxygen atoms in total. The van der Waals surface area contributed by atoms with Crippen LogP contribution in [0.15, 0.2) is 60.9 Å². The lowest BCUT2D eigenvalue weighted by Crippen LogP contribution is -2.18. The van der Waals surface area contributed by atoms with Crippen LogP contribution in [0.4, 0.5) is 22.9 Å². The molecule has 7 heteroatoms. The maximum atomic E-state index is 12.6. The SMILES string of the molecule is COc1cccc(Nc2cc(C(=O)Nc3ccc(N4CCCC4)cc3)ncn2)c1. The Morgan fingerprint density at radius 3 is 2.55 bits per heavy atom. The smallest absolute Gasteiger partial charge is 0.274 e. The number of anilines is 4. The first kappa shape index (κ1) is 18.7. The van der Waals surface area contributed by atoms with Gasteiger partial charge in [0.05, 0.1) is 7.11 Å². The molecule has 0 unspecified atom stereocenters. The van der Waals surface area contributed by atoms with Crippen LogP contribution in [0, 0.1) is 0 Å². The number of carbonyl (C=O) groups is 1. The average Bonchev–Trinajstić information content (AvgIpc) is 3.29. The van der Waals surface area contributed by atoms with Crippen LogP contribution < -0.4 is 20.3 Å². The van der Waals surface area contributed by atoms with Gasteiger partial charge in [0.2, 0.25) is 0 Å². The number of nitrogens with one attached hydrogen (secondary N) is 2. The van der Waals surface area contributed by atoms with E-state index in [9.17, 15) is 4.79 Å². The van der Waals surface area contributed by atoms with Crippen LogP contribution in [0.25, 0.3) is 0 Å². The lowest BCUT2D eigenvalue weighted by Gasteiger charge is -2.17. The first-order valence-corrected chi connectivity index (χ1v) is 9.61. The third-order valence-electron chi connectivity index (χ3n) is 4.84. The minimum absolute atomic E-state index is 0.282. The number of carbonyl (C=O) groups excluding carboxylic acids is 1. The molecule has 1 amide bonds. The summed E-state index contributed by atoms with van der Waals surface area (Å²) >= 11 is 0. The number of ether oxygens (including phenoxy) is 1. The largest absolute Gasteiger partial charge is 0.497 e. The molecule has 1 saturated heterocycles. The van der Waals surface area contributed by atoms with Gasteiger partial charge in [0, 0.05) is 42.3 Å². The van der Waals surface area contributed by atoms with Crippen molar-refractivity contribution in [3.8, 4) is 5.75 Å². The van der Waals surface area contributed by atoms with E-state index in [1.165, 1.54) is 24.9 Å². The van der Waals surface area contributed by atoms with Crippen LogP contribution in [0.3, 0.4) is 0 Å². The fourth-order valence-electron chi connectivity index (χ4n) is 3.32. The molecule has 4 rings (SSSR count). The minimum Gasteiger partial charge on any atom is -0.497 e. The number of methoxy groups -OCH3 is 1. The fraction of sp³-hybridized carbons (Fsp3) is 0.227. The zero-order valence-electron chi connectivity index (χ0n) is 16.3. The van der Waals surface area contributed by atoms with Gasteiger partial charge in [-0.15, -0.1) is 0 Å². The molecule has 2 aromatic carbocycles. The van der Waals surface area contributed by atoms with E-state index in [0.29, 0.717) is 5.82 Å². The summed E-state index contributed by atoms with van der Waals surface area (Å²) in [5.41, 5.74) is 3.02. The maximum Gasteiger partial charge on any atom is 0.274 e. The Morgan fingerprint density at radius 1 is 1.00 bits per heavy atom. The molecule has 148 valence electrons. The summed E-state index contributed by atoms with van der Waals surface area (Å²) in [5, 5.41) is 6.05. The van der Waals surface area contributed by atoms with Crippen LogP contribution in [0.1, 0.15) is 23.3 Å². The first-order chi connectivity index (χ1) is 14.2. The van der Waals surface area contributed by atoms with Gasteiger partial charge in [0.1, 0.15) is 23.6 Å². The molecule has 1 aliphatic heterocycles. The van der Waals surface area contributed by atoms with Crippen molar-refractivity contribution in [1.29, 1.82) is 0 Å². The number of hydrogen-bond donors (Lipinski definition) is 2. The number of benzene rings is 2. The van der Waals surface area contributed by atoms with Gasteiger partial charge in [-0.25, -0.2) is 9.97 Å². The Kier molecular flexibility index (Phi) is 5.56. The second-order valence-corrected chi connectivity index (χ2v) is 6.84. The normalized spacial score (nSPS) is 13.2. The van der Waals surface area contributed by atoms with E-state index in [1.807, 2.05) is 48.5 Å². The maximum absolute atomic E-state index is 12.6. The number of aromatic nitrogens is 2. The number of rotatable bonds is 6. The lowest BCUT2D eigenvalue weighted by atomic mass is 10.2. The Hall–Kier alpha value is -3.61. The molecule has 1 aliphatic rings. The summed E-state index contributed by atoms with van der Waals surface area (Å²) in [6.07, 6.45) is 3.84. The first-order valence-electron chi connectivity index (χ1n) is 9.61. The molecule has 29 heavy (non-hydrogen) atoms. The topological polar surface area (TPSA) is 79.4 Å². The van der Waals surface area contributed by atoms with Crippen molar-refractivity contribution < 1.29 is 9.53 Å². The second-order valence-electron chi connectivity index (χ2n) is 6.84. The van der Waals surface area contributed by atoms with E-state index in [-0.39, 0.29) is 11.6 Å². The summed E-state index contributed by atoms with van der Waals surface area (Å²) in [5.74, 6) is 0.984. The summed E-state index contributed by atoms with van der Waals surface area (Å²) in [4.78, 5) is 23.2. The number of amides is 1. The summed E-state index contributed by atoms with van der Waals surface area (Å²) in [6, 6.07) is 17.0. The van der Waals surface area contributed by atoms with Gasteiger partial charge in [-0.3, -0.25) is 4.79 Å². The molecule has 0 bridgehead atoms. The highest BCUT2D eigenvalue weighted by molar-refractivity contribution is 6.03. The molecule has 1 aromatic heterocycles. The zero-order chi connectivity index (χ0) is 20.1. The Labute approximate surface area is 169 Å². The quantitative estimate of drug-likeness (QED) is 0.661. The third-order valence-corrected chi connectivity index (χ3v) is 4.84. The third kappa shape index (κ3) is 4.63. The van der Waals surface area contributed by atoms with Gasteiger partial charge in [-0.05, 0) is 49.2 Å². The van der Waals surface area contributed by atoms with Gasteiger partial charge in [0.15, 0.2) is 0 Å². The van der Waals surface area contributed by atoms with Crippen molar-refractivity contribution in [3.63, 3.8) is 0 Å². The van der Waals surface area contributed by atoms with Crippen LogP contribution in [-0.2, 0) is 0 Å². The van der Waals surface area contributed by atoms with E-state index < -0.39 is 0 Å². The number of nitrogens with zero attached hydrogens (tertiary/aromatic N) is 3. The Bertz CT molecular complexity index is 985. The Morgan fingerprint density at radius 2 is 1.79 bits per heavy atom. The predicted molar refractivity (Wildman–Crippen MR) is 114 cm³/mol. The Balaban J connectivity index is 1.42. The van der Waals surface area contributed by atoms with Gasteiger partial charge in [0.25, 0.3) is 5.91 Å². The molecule has 0 spiro atoms. The van der Waals surface area contributed by atoms with Crippen molar-refractivity contribution in [2.24, 2.45) is 0 Å². The van der Waals surface area contributed by atoms with Gasteiger partial charge in [-0.1, -0.05) is 6.07 Å². The van der Waals surface area contributed by atoms with E-state index in [4.69, 9.17) is 4.74 Å². The molecular weight excluding hydrogens is 366 g/mol. The highest BCUT2D eigenvalue weighted by Gasteiger charge is 2.13. The van der Waals surface area contributed by atoms with Gasteiger partial charge >= 0.3 is 0 Å². The average molecular weight is 389 g/mol. The number of hydrogen-bond acceptors (Lipinski definition) is 6. The monoisotopic (exact) mass is 389 g/mol. The molecule has 0 radical (unpaired) electrons. The van der Waals surface area contributed by atoms with Crippen molar-refractivity contribution in [1.82, 2.24) is 9.97 Å². The zero-order valence-corrected chi connectivity index (χ0v) is 16.3. The summed E-state index contributed by atoms with van der Waals surface area (Å²) < 4.78 is 5.22. The van der Waals surface area contributed by atoms with E-state index >= 15 is 0 Å². The standard InChI is InChI=1S/C22H23N5O2/c1-29-19-6-4-5-17(13-19)25-21-14-20(23-15-24-21)22(28)26-16-7-9-18(10-8-16)27-11-2-3-12-27/h4-10,13-15H,2-3,11-12H2,1H3,(H,26,28)(H,23,24,25). The highest BCUT2D eigenvalue weighted by atomic mass is 16.5. The van der Waals surface area contributed by atoms with Crippen molar-refractivity contribution >= 4 is 28.8 Å². The van der Waals surface area contributed by atoms with E-state index in [1.54, 1.807) is 13.2 Å². The molecule has 2 heterocycles. The highest BCUT2D eigenvalue weighted by Crippen LogP contribution is 2.23. The van der Waals surface area contributed by atoms with Crippen LogP contribution in [-0.4, -0.2) is 36.1 Å². The summed E-state index contributed by atoms with van der Waals surface area (Å²) in [7, 11) is 1.61. The van der Waals surface area contributed by atoms with Crippen molar-refractivity contribution in [2.75, 3.05) is 35.7 Å². The molecule has 1 fully saturated rings. The van der Waals surface area contributed by atoms with Crippen molar-refractivity contribution in [2.45, 2.75) is 12.8 Å². The molecular formula is C22H23N5O2. The van der Waals surface area contributed by atoms with E-state index in [2.05, 4.69) is 25.5 Å². The summed E-state index contributed by atoms with van der Waals surface area (Å²) in [6.45, 7) is 2.19. The van der Waals surface area contributed by atoms with Crippen LogP contribution in [0.2, 0.25) is 0 Å². The lowest BCUT2D eigenvalue weighted by molar-refractivity contribution is 0.102. The molecule has 0 atom stereocenters. The molecule has 0 saturated carbocycles. The van der Waals surface area contributed by atoms with Crippen molar-refractivity contribution in [3.05, 3.63) is 66.6 Å². The second kappa shape index (κ2) is 8.60. The van der Waals surface area contributed by atoms with E-state index in [0.717, 1.165) is 30.2 Å². The van der Waals surface area contributed by atoms with Gasteiger partial charge in [-0.2, -0.15) is 0 Å². The van der Waals surface area contributed by atoms with Crippen LogP contribution >= 0.6 is 0 Å². The molecule has 3 aromatic rings. The minimum atomic E-state index is -0.282. The molecule has 2 N–H and O–H groups in total. The predicted octanol–water partition coefficient (Wildman–Crippen LogP) is 4.08. The molecule has 0 aliphatic carbocycles.